The van der Waals surface area contributed by atoms with Crippen LogP contribution in [0.15, 0.2) is 42.5 Å². The lowest BCUT2D eigenvalue weighted by atomic mass is 10.1. The number of benzene rings is 2. The number of nitrogens with zero attached hydrogens (tertiary/aromatic N) is 2. The fourth-order valence-electron chi connectivity index (χ4n) is 3.85. The van der Waals surface area contributed by atoms with E-state index in [0.29, 0.717) is 24.5 Å². The lowest BCUT2D eigenvalue weighted by Crippen LogP contribution is -2.58. The molecule has 7 heteroatoms. The first-order chi connectivity index (χ1) is 14.7. The summed E-state index contributed by atoms with van der Waals surface area (Å²) in [5, 5.41) is 2.73. The Labute approximate surface area is 183 Å². The van der Waals surface area contributed by atoms with Crippen LogP contribution in [0.3, 0.4) is 0 Å². The maximum Gasteiger partial charge on any atom is 0.260 e. The third kappa shape index (κ3) is 6.04. The Morgan fingerprint density at radius 2 is 1.81 bits per heavy atom. The van der Waals surface area contributed by atoms with Crippen molar-refractivity contribution in [2.24, 2.45) is 0 Å². The Balaban J connectivity index is 1.60. The van der Waals surface area contributed by atoms with Crippen molar-refractivity contribution in [3.8, 4) is 5.75 Å². The lowest BCUT2D eigenvalue weighted by molar-refractivity contribution is -0.139. The van der Waals surface area contributed by atoms with Crippen LogP contribution in [0.2, 0.25) is 0 Å². The SMILES string of the molecule is CC(=O)Nc1ccc(C)cc1OCC(=O)N1CC(C)N(Cc2ccc(F)cc2)CC1C. The molecular weight excluding hydrogens is 397 g/mol. The van der Waals surface area contributed by atoms with E-state index in [0.717, 1.165) is 17.7 Å². The van der Waals surface area contributed by atoms with Gasteiger partial charge < -0.3 is 15.0 Å². The highest BCUT2D eigenvalue weighted by atomic mass is 19.1. The first kappa shape index (κ1) is 22.7. The topological polar surface area (TPSA) is 61.9 Å². The van der Waals surface area contributed by atoms with Gasteiger partial charge in [0.05, 0.1) is 5.69 Å². The van der Waals surface area contributed by atoms with Crippen LogP contribution < -0.4 is 10.1 Å². The minimum Gasteiger partial charge on any atom is -0.482 e. The van der Waals surface area contributed by atoms with Crippen molar-refractivity contribution in [2.45, 2.75) is 46.3 Å². The van der Waals surface area contributed by atoms with Crippen molar-refractivity contribution in [3.05, 3.63) is 59.4 Å². The maximum atomic E-state index is 13.2. The van der Waals surface area contributed by atoms with Gasteiger partial charge in [0.15, 0.2) is 6.61 Å². The largest absolute Gasteiger partial charge is 0.482 e. The second-order valence-corrected chi connectivity index (χ2v) is 8.27. The summed E-state index contributed by atoms with van der Waals surface area (Å²) >= 11 is 0. The smallest absolute Gasteiger partial charge is 0.260 e. The second-order valence-electron chi connectivity index (χ2n) is 8.27. The monoisotopic (exact) mass is 427 g/mol. The molecule has 0 aliphatic carbocycles. The van der Waals surface area contributed by atoms with Crippen LogP contribution in [0.1, 0.15) is 31.9 Å². The summed E-state index contributed by atoms with van der Waals surface area (Å²) in [5.74, 6) is -0.0362. The van der Waals surface area contributed by atoms with Gasteiger partial charge in [0.1, 0.15) is 11.6 Å². The van der Waals surface area contributed by atoms with Crippen LogP contribution >= 0.6 is 0 Å². The highest BCUT2D eigenvalue weighted by Crippen LogP contribution is 2.26. The number of rotatable bonds is 6. The molecule has 3 rings (SSSR count). The molecule has 166 valence electrons. The molecule has 6 nitrogen and oxygen atoms in total. The van der Waals surface area contributed by atoms with Crippen LogP contribution in [0.25, 0.3) is 0 Å². The zero-order chi connectivity index (χ0) is 22.5. The van der Waals surface area contributed by atoms with E-state index in [1.165, 1.54) is 19.1 Å². The van der Waals surface area contributed by atoms with Crippen LogP contribution in [0.4, 0.5) is 10.1 Å². The summed E-state index contributed by atoms with van der Waals surface area (Å²) in [5.41, 5.74) is 2.58. The van der Waals surface area contributed by atoms with E-state index in [1.807, 2.05) is 30.9 Å². The molecule has 0 spiro atoms. The molecule has 2 unspecified atom stereocenters. The zero-order valence-electron chi connectivity index (χ0n) is 18.5. The molecule has 2 atom stereocenters. The molecule has 1 aliphatic heterocycles. The average molecular weight is 428 g/mol. The predicted octanol–water partition coefficient (Wildman–Crippen LogP) is 3.59. The van der Waals surface area contributed by atoms with Crippen LogP contribution in [0.5, 0.6) is 5.75 Å². The molecule has 2 aromatic carbocycles. The fourth-order valence-corrected chi connectivity index (χ4v) is 3.85. The first-order valence-electron chi connectivity index (χ1n) is 10.5. The van der Waals surface area contributed by atoms with E-state index in [-0.39, 0.29) is 36.3 Å². The van der Waals surface area contributed by atoms with Gasteiger partial charge >= 0.3 is 0 Å². The number of hydrogen-bond acceptors (Lipinski definition) is 4. The minimum atomic E-state index is -0.240. The van der Waals surface area contributed by atoms with Gasteiger partial charge in [0.25, 0.3) is 5.91 Å². The lowest BCUT2D eigenvalue weighted by Gasteiger charge is -2.44. The van der Waals surface area contributed by atoms with Crippen molar-refractivity contribution in [1.82, 2.24) is 9.80 Å². The van der Waals surface area contributed by atoms with Crippen LogP contribution in [-0.4, -0.2) is 53.4 Å². The van der Waals surface area contributed by atoms with E-state index in [1.54, 1.807) is 18.2 Å². The van der Waals surface area contributed by atoms with Crippen molar-refractivity contribution >= 4 is 17.5 Å². The summed E-state index contributed by atoms with van der Waals surface area (Å²) < 4.78 is 19.0. The molecule has 31 heavy (non-hydrogen) atoms. The van der Waals surface area contributed by atoms with Crippen molar-refractivity contribution in [1.29, 1.82) is 0 Å². The van der Waals surface area contributed by atoms with Gasteiger partial charge in [-0.15, -0.1) is 0 Å². The molecule has 0 bridgehead atoms. The number of nitrogens with one attached hydrogen (secondary N) is 1. The fraction of sp³-hybridized carbons (Fsp3) is 0.417. The number of amides is 2. The Bertz CT molecular complexity index is 932. The molecule has 2 aromatic rings. The third-order valence-corrected chi connectivity index (χ3v) is 5.53. The molecule has 0 saturated carbocycles. The van der Waals surface area contributed by atoms with Gasteiger partial charge in [-0.2, -0.15) is 0 Å². The van der Waals surface area contributed by atoms with Gasteiger partial charge in [0, 0.05) is 38.6 Å². The van der Waals surface area contributed by atoms with Gasteiger partial charge in [-0.3, -0.25) is 14.5 Å². The van der Waals surface area contributed by atoms with Crippen LogP contribution in [0, 0.1) is 12.7 Å². The molecule has 2 amide bonds. The number of piperazine rings is 1. The molecule has 0 radical (unpaired) electrons. The molecular formula is C24H30FN3O3. The summed E-state index contributed by atoms with van der Waals surface area (Å²) in [6.07, 6.45) is 0. The number of anilines is 1. The van der Waals surface area contributed by atoms with E-state index < -0.39 is 0 Å². The summed E-state index contributed by atoms with van der Waals surface area (Å²) in [4.78, 5) is 28.5. The second kappa shape index (κ2) is 9.92. The third-order valence-electron chi connectivity index (χ3n) is 5.53. The number of carbonyl (C=O) groups excluding carboxylic acids is 2. The first-order valence-corrected chi connectivity index (χ1v) is 10.5. The Morgan fingerprint density at radius 3 is 2.48 bits per heavy atom. The van der Waals surface area contributed by atoms with Gasteiger partial charge in [-0.25, -0.2) is 4.39 Å². The van der Waals surface area contributed by atoms with Crippen molar-refractivity contribution < 1.29 is 18.7 Å². The number of hydrogen-bond donors (Lipinski definition) is 1. The number of aryl methyl sites for hydroxylation is 1. The summed E-state index contributed by atoms with van der Waals surface area (Å²) in [7, 11) is 0. The molecule has 1 aliphatic rings. The zero-order valence-corrected chi connectivity index (χ0v) is 18.5. The highest BCUT2D eigenvalue weighted by Gasteiger charge is 2.32. The number of ether oxygens (including phenoxy) is 1. The average Bonchev–Trinajstić information content (AvgIpc) is 2.71. The predicted molar refractivity (Wildman–Crippen MR) is 118 cm³/mol. The van der Waals surface area contributed by atoms with E-state index in [4.69, 9.17) is 4.74 Å². The highest BCUT2D eigenvalue weighted by molar-refractivity contribution is 5.90. The van der Waals surface area contributed by atoms with E-state index in [2.05, 4.69) is 17.1 Å². The van der Waals surface area contributed by atoms with Gasteiger partial charge in [-0.05, 0) is 56.2 Å². The maximum absolute atomic E-state index is 13.2. The standard InChI is InChI=1S/C24H30FN3O3/c1-16-5-10-22(26-19(4)29)23(11-16)31-15-24(30)28-13-17(2)27(12-18(28)3)14-20-6-8-21(25)9-7-20/h5-11,17-18H,12-15H2,1-4H3,(H,26,29). The molecule has 1 heterocycles. The summed E-state index contributed by atoms with van der Waals surface area (Å²) in [6.45, 7) is 9.42. The molecule has 0 aromatic heterocycles. The molecule has 1 N–H and O–H groups in total. The molecule has 1 saturated heterocycles. The summed E-state index contributed by atoms with van der Waals surface area (Å²) in [6, 6.07) is 12.2. The normalized spacial score (nSPS) is 19.2. The van der Waals surface area contributed by atoms with Gasteiger partial charge in [-0.1, -0.05) is 18.2 Å². The van der Waals surface area contributed by atoms with Crippen LogP contribution in [-0.2, 0) is 16.1 Å². The molecule has 1 fully saturated rings. The Morgan fingerprint density at radius 1 is 1.10 bits per heavy atom. The van der Waals surface area contributed by atoms with Crippen molar-refractivity contribution in [2.75, 3.05) is 25.0 Å². The quantitative estimate of drug-likeness (QED) is 0.765. The Hall–Kier alpha value is -2.93. The van der Waals surface area contributed by atoms with Crippen molar-refractivity contribution in [3.63, 3.8) is 0 Å². The van der Waals surface area contributed by atoms with E-state index >= 15 is 0 Å². The number of halogens is 1. The number of carbonyl (C=O) groups is 2. The van der Waals surface area contributed by atoms with E-state index in [9.17, 15) is 14.0 Å². The van der Waals surface area contributed by atoms with Gasteiger partial charge in [0.2, 0.25) is 5.91 Å². The Kier molecular flexibility index (Phi) is 7.28. The minimum absolute atomic E-state index is 0.0278.